The molecule has 3 heterocycles. The zero-order valence-electron chi connectivity index (χ0n) is 15.5. The van der Waals surface area contributed by atoms with E-state index in [2.05, 4.69) is 15.2 Å². The SMILES string of the molecule is CC(C)(C)OC(=O)N1CCC[C@H](c2cc(-c3cc(C(F)(F)F)c[nH]3)n[nH]2)C1. The number of hydrogen-bond acceptors (Lipinski definition) is 3. The number of likely N-dealkylation sites (tertiary alicyclic amines) is 1. The van der Waals surface area contributed by atoms with Crippen molar-refractivity contribution in [3.05, 3.63) is 29.6 Å². The summed E-state index contributed by atoms with van der Waals surface area (Å²) in [7, 11) is 0. The van der Waals surface area contributed by atoms with E-state index in [4.69, 9.17) is 4.74 Å². The van der Waals surface area contributed by atoms with Gasteiger partial charge < -0.3 is 14.6 Å². The summed E-state index contributed by atoms with van der Waals surface area (Å²) in [5, 5.41) is 7.03. The minimum atomic E-state index is -4.40. The molecule has 6 nitrogen and oxygen atoms in total. The Bertz CT molecular complexity index is 804. The molecule has 2 N–H and O–H groups in total. The molecule has 2 aromatic heterocycles. The standard InChI is InChI=1S/C18H23F3N4O2/c1-17(2,3)27-16(26)25-6-4-5-11(10-25)13-8-15(24-23-13)14-7-12(9-22-14)18(19,20)21/h7-9,11,22H,4-6,10H2,1-3H3,(H,23,24)/t11-/m0/s1. The average Bonchev–Trinajstić information content (AvgIpc) is 3.22. The first-order valence-corrected chi connectivity index (χ1v) is 8.82. The Kier molecular flexibility index (Phi) is 4.96. The molecule has 1 saturated heterocycles. The number of halogens is 3. The van der Waals surface area contributed by atoms with Gasteiger partial charge in [-0.3, -0.25) is 5.10 Å². The number of H-pyrrole nitrogens is 2. The monoisotopic (exact) mass is 384 g/mol. The molecule has 1 aliphatic heterocycles. The summed E-state index contributed by atoms with van der Waals surface area (Å²) >= 11 is 0. The van der Waals surface area contributed by atoms with Crippen molar-refractivity contribution in [3.8, 4) is 11.4 Å². The zero-order valence-corrected chi connectivity index (χ0v) is 15.5. The first-order valence-electron chi connectivity index (χ1n) is 8.82. The smallest absolute Gasteiger partial charge is 0.417 e. The Morgan fingerprint density at radius 3 is 2.67 bits per heavy atom. The molecule has 27 heavy (non-hydrogen) atoms. The molecule has 0 bridgehead atoms. The molecule has 1 aliphatic rings. The molecular formula is C18H23F3N4O2. The highest BCUT2D eigenvalue weighted by atomic mass is 19.4. The van der Waals surface area contributed by atoms with E-state index >= 15 is 0 Å². The molecule has 2 aromatic rings. The molecule has 0 aliphatic carbocycles. The van der Waals surface area contributed by atoms with E-state index in [0.717, 1.165) is 30.8 Å². The van der Waals surface area contributed by atoms with Gasteiger partial charge in [0, 0.05) is 30.9 Å². The van der Waals surface area contributed by atoms with Crippen molar-refractivity contribution in [2.24, 2.45) is 0 Å². The van der Waals surface area contributed by atoms with Crippen molar-refractivity contribution in [2.75, 3.05) is 13.1 Å². The Labute approximate surface area is 155 Å². The van der Waals surface area contributed by atoms with Gasteiger partial charge in [-0.15, -0.1) is 0 Å². The molecule has 1 atom stereocenters. The molecule has 0 spiro atoms. The number of aromatic nitrogens is 3. The van der Waals surface area contributed by atoms with Crippen LogP contribution < -0.4 is 0 Å². The summed E-state index contributed by atoms with van der Waals surface area (Å²) in [5.41, 5.74) is 0.200. The van der Waals surface area contributed by atoms with E-state index in [0.29, 0.717) is 24.5 Å². The Balaban J connectivity index is 1.70. The van der Waals surface area contributed by atoms with Crippen LogP contribution >= 0.6 is 0 Å². The molecule has 0 radical (unpaired) electrons. The molecule has 3 rings (SSSR count). The highest BCUT2D eigenvalue weighted by molar-refractivity contribution is 5.68. The van der Waals surface area contributed by atoms with Crippen LogP contribution in [0.25, 0.3) is 11.4 Å². The maximum Gasteiger partial charge on any atom is 0.417 e. The van der Waals surface area contributed by atoms with Crippen LogP contribution in [0.3, 0.4) is 0 Å². The van der Waals surface area contributed by atoms with E-state index in [9.17, 15) is 18.0 Å². The van der Waals surface area contributed by atoms with Crippen LogP contribution in [0.4, 0.5) is 18.0 Å². The lowest BCUT2D eigenvalue weighted by molar-refractivity contribution is -0.137. The van der Waals surface area contributed by atoms with Crippen molar-refractivity contribution in [1.29, 1.82) is 0 Å². The third-order valence-corrected chi connectivity index (χ3v) is 4.40. The van der Waals surface area contributed by atoms with Crippen molar-refractivity contribution in [1.82, 2.24) is 20.1 Å². The van der Waals surface area contributed by atoms with Crippen LogP contribution in [0.2, 0.25) is 0 Å². The zero-order chi connectivity index (χ0) is 19.8. The molecule has 148 valence electrons. The molecule has 0 saturated carbocycles. The van der Waals surface area contributed by atoms with E-state index < -0.39 is 17.3 Å². The number of piperidine rings is 1. The Hall–Kier alpha value is -2.45. The number of alkyl halides is 3. The molecule has 0 unspecified atom stereocenters. The van der Waals surface area contributed by atoms with Gasteiger partial charge in [0.2, 0.25) is 0 Å². The van der Waals surface area contributed by atoms with E-state index in [1.54, 1.807) is 11.0 Å². The fraction of sp³-hybridized carbons (Fsp3) is 0.556. The highest BCUT2D eigenvalue weighted by Crippen LogP contribution is 2.33. The van der Waals surface area contributed by atoms with E-state index in [1.165, 1.54) is 0 Å². The topological polar surface area (TPSA) is 74.0 Å². The fourth-order valence-electron chi connectivity index (χ4n) is 3.11. The van der Waals surface area contributed by atoms with Crippen LogP contribution in [0.1, 0.15) is 50.8 Å². The van der Waals surface area contributed by atoms with Crippen LogP contribution in [-0.4, -0.2) is 44.9 Å². The van der Waals surface area contributed by atoms with Crippen molar-refractivity contribution in [3.63, 3.8) is 0 Å². The van der Waals surface area contributed by atoms with Gasteiger partial charge >= 0.3 is 12.3 Å². The van der Waals surface area contributed by atoms with Crippen molar-refractivity contribution in [2.45, 2.75) is 51.3 Å². The van der Waals surface area contributed by atoms with Crippen molar-refractivity contribution >= 4 is 6.09 Å². The second-order valence-electron chi connectivity index (χ2n) is 7.77. The molecule has 0 aromatic carbocycles. The average molecular weight is 384 g/mol. The second-order valence-corrected chi connectivity index (χ2v) is 7.77. The van der Waals surface area contributed by atoms with Gasteiger partial charge in [0.1, 0.15) is 11.3 Å². The van der Waals surface area contributed by atoms with E-state index in [-0.39, 0.29) is 12.0 Å². The lowest BCUT2D eigenvalue weighted by atomic mass is 9.95. The first kappa shape index (κ1) is 19.3. The predicted octanol–water partition coefficient (Wildman–Crippen LogP) is 4.54. The number of carbonyl (C=O) groups is 1. The van der Waals surface area contributed by atoms with Gasteiger partial charge in [-0.2, -0.15) is 18.3 Å². The number of nitrogens with zero attached hydrogens (tertiary/aromatic N) is 2. The first-order chi connectivity index (χ1) is 12.5. The van der Waals surface area contributed by atoms with Gasteiger partial charge in [-0.05, 0) is 45.7 Å². The number of nitrogens with one attached hydrogen (secondary N) is 2. The molecule has 1 amide bonds. The van der Waals surface area contributed by atoms with E-state index in [1.807, 2.05) is 20.8 Å². The predicted molar refractivity (Wildman–Crippen MR) is 93.2 cm³/mol. The summed E-state index contributed by atoms with van der Waals surface area (Å²) in [6, 6.07) is 2.77. The Morgan fingerprint density at radius 1 is 1.30 bits per heavy atom. The summed E-state index contributed by atoms with van der Waals surface area (Å²) in [6.45, 7) is 6.56. The van der Waals surface area contributed by atoms with Gasteiger partial charge in [-0.25, -0.2) is 4.79 Å². The largest absolute Gasteiger partial charge is 0.444 e. The van der Waals surface area contributed by atoms with Crippen LogP contribution in [0.15, 0.2) is 18.3 Å². The number of carbonyl (C=O) groups excluding carboxylic acids is 1. The number of ether oxygens (including phenoxy) is 1. The van der Waals surface area contributed by atoms with Crippen molar-refractivity contribution < 1.29 is 22.7 Å². The lowest BCUT2D eigenvalue weighted by Crippen LogP contribution is -2.42. The quantitative estimate of drug-likeness (QED) is 0.798. The fourth-order valence-corrected chi connectivity index (χ4v) is 3.11. The van der Waals surface area contributed by atoms with Crippen LogP contribution in [0.5, 0.6) is 0 Å². The van der Waals surface area contributed by atoms with Crippen LogP contribution in [-0.2, 0) is 10.9 Å². The van der Waals surface area contributed by atoms with Gasteiger partial charge in [0.15, 0.2) is 0 Å². The van der Waals surface area contributed by atoms with Crippen LogP contribution in [0, 0.1) is 0 Å². The second kappa shape index (κ2) is 6.94. The minimum absolute atomic E-state index is 0.0320. The van der Waals surface area contributed by atoms with Gasteiger partial charge in [0.25, 0.3) is 0 Å². The number of amides is 1. The normalized spacial score (nSPS) is 18.6. The minimum Gasteiger partial charge on any atom is -0.444 e. The summed E-state index contributed by atoms with van der Waals surface area (Å²) < 4.78 is 43.7. The number of hydrogen-bond donors (Lipinski definition) is 2. The third kappa shape index (κ3) is 4.64. The molecular weight excluding hydrogens is 361 g/mol. The number of rotatable bonds is 2. The molecule has 1 fully saturated rings. The lowest BCUT2D eigenvalue weighted by Gasteiger charge is -2.33. The summed E-state index contributed by atoms with van der Waals surface area (Å²) in [4.78, 5) is 16.6. The van der Waals surface area contributed by atoms with Gasteiger partial charge in [0.05, 0.1) is 11.3 Å². The Morgan fingerprint density at radius 2 is 2.04 bits per heavy atom. The maximum absolute atomic E-state index is 12.8. The highest BCUT2D eigenvalue weighted by Gasteiger charge is 2.32. The summed E-state index contributed by atoms with van der Waals surface area (Å²) in [5.74, 6) is 0.0320. The maximum atomic E-state index is 12.8. The third-order valence-electron chi connectivity index (χ3n) is 4.40. The summed E-state index contributed by atoms with van der Waals surface area (Å²) in [6.07, 6.45) is -2.15. The number of aromatic amines is 2. The molecule has 9 heteroatoms. The van der Waals surface area contributed by atoms with Gasteiger partial charge in [-0.1, -0.05) is 0 Å².